The van der Waals surface area contributed by atoms with Gasteiger partial charge in [-0.2, -0.15) is 0 Å². The molecule has 2 heteroatoms. The van der Waals surface area contributed by atoms with Crippen molar-refractivity contribution in [2.24, 2.45) is 5.92 Å². The van der Waals surface area contributed by atoms with Crippen molar-refractivity contribution in [3.05, 3.63) is 29.8 Å². The maximum absolute atomic E-state index is 3.57. The Morgan fingerprint density at radius 2 is 1.78 bits per heavy atom. The first-order valence-corrected chi connectivity index (χ1v) is 7.14. The lowest BCUT2D eigenvalue weighted by molar-refractivity contribution is 0.296. The zero-order chi connectivity index (χ0) is 13.5. The summed E-state index contributed by atoms with van der Waals surface area (Å²) in [5.74, 6) is 0.649. The second-order valence-electron chi connectivity index (χ2n) is 5.34. The monoisotopic (exact) mass is 248 g/mol. The molecular formula is C16H28N2. The van der Waals surface area contributed by atoms with Crippen LogP contribution in [0.1, 0.15) is 40.2 Å². The molecular weight excluding hydrogens is 220 g/mol. The minimum Gasteiger partial charge on any atom is -0.382 e. The van der Waals surface area contributed by atoms with Crippen molar-refractivity contribution in [2.45, 2.75) is 47.2 Å². The van der Waals surface area contributed by atoms with Crippen LogP contribution < -0.4 is 5.32 Å². The second kappa shape index (κ2) is 7.42. The molecule has 1 unspecified atom stereocenters. The highest BCUT2D eigenvalue weighted by Gasteiger charge is 2.07. The third-order valence-electron chi connectivity index (χ3n) is 3.62. The van der Waals surface area contributed by atoms with Gasteiger partial charge >= 0.3 is 0 Å². The molecule has 0 fully saturated rings. The Bertz CT molecular complexity index is 323. The third kappa shape index (κ3) is 4.69. The number of benzene rings is 1. The largest absolute Gasteiger partial charge is 0.382 e. The van der Waals surface area contributed by atoms with E-state index < -0.39 is 0 Å². The van der Waals surface area contributed by atoms with Crippen LogP contribution in [0.15, 0.2) is 24.3 Å². The number of hydrogen-bond donors (Lipinski definition) is 1. The van der Waals surface area contributed by atoms with Gasteiger partial charge in [0, 0.05) is 18.3 Å². The summed E-state index contributed by atoms with van der Waals surface area (Å²) in [6, 6.07) is 9.30. The van der Waals surface area contributed by atoms with E-state index in [-0.39, 0.29) is 0 Å². The van der Waals surface area contributed by atoms with Gasteiger partial charge in [-0.25, -0.2) is 0 Å². The summed E-state index contributed by atoms with van der Waals surface area (Å²) in [5.41, 5.74) is 2.63. The maximum atomic E-state index is 3.57. The minimum atomic E-state index is 0.508. The molecule has 0 radical (unpaired) electrons. The van der Waals surface area contributed by atoms with Crippen LogP contribution in [0.2, 0.25) is 0 Å². The van der Waals surface area contributed by atoms with Crippen molar-refractivity contribution in [3.8, 4) is 0 Å². The summed E-state index contributed by atoms with van der Waals surface area (Å²) in [6.07, 6.45) is 0. The lowest BCUT2D eigenvalue weighted by Crippen LogP contribution is -2.23. The molecule has 0 aliphatic rings. The quantitative estimate of drug-likeness (QED) is 0.785. The third-order valence-corrected chi connectivity index (χ3v) is 3.62. The van der Waals surface area contributed by atoms with Crippen molar-refractivity contribution in [2.75, 3.05) is 18.4 Å². The van der Waals surface area contributed by atoms with Crippen LogP contribution in [-0.2, 0) is 6.54 Å². The minimum absolute atomic E-state index is 0.508. The molecule has 102 valence electrons. The van der Waals surface area contributed by atoms with E-state index >= 15 is 0 Å². The number of nitrogens with one attached hydrogen (secondary N) is 1. The van der Waals surface area contributed by atoms with Gasteiger partial charge in [0.1, 0.15) is 0 Å². The van der Waals surface area contributed by atoms with Crippen LogP contribution in [0.4, 0.5) is 5.69 Å². The van der Waals surface area contributed by atoms with Gasteiger partial charge in [0.05, 0.1) is 0 Å². The van der Waals surface area contributed by atoms with Gasteiger partial charge in [-0.15, -0.1) is 0 Å². The van der Waals surface area contributed by atoms with E-state index in [1.165, 1.54) is 11.3 Å². The molecule has 0 spiro atoms. The summed E-state index contributed by atoms with van der Waals surface area (Å²) in [6.45, 7) is 14.4. The van der Waals surface area contributed by atoms with Gasteiger partial charge < -0.3 is 5.32 Å². The molecule has 2 nitrogen and oxygen atoms in total. The first-order valence-electron chi connectivity index (χ1n) is 7.14. The highest BCUT2D eigenvalue weighted by Crippen LogP contribution is 2.15. The van der Waals surface area contributed by atoms with Gasteiger partial charge in [0.2, 0.25) is 0 Å². The topological polar surface area (TPSA) is 15.3 Å². The Morgan fingerprint density at radius 3 is 2.33 bits per heavy atom. The van der Waals surface area contributed by atoms with E-state index in [0.29, 0.717) is 12.0 Å². The Kier molecular flexibility index (Phi) is 6.20. The van der Waals surface area contributed by atoms with Gasteiger partial charge in [0.25, 0.3) is 0 Å². The Hall–Kier alpha value is -1.02. The number of anilines is 1. The van der Waals surface area contributed by atoms with E-state index in [4.69, 9.17) is 0 Å². The predicted molar refractivity (Wildman–Crippen MR) is 81.0 cm³/mol. The zero-order valence-electron chi connectivity index (χ0n) is 12.5. The molecule has 0 saturated heterocycles. The number of rotatable bonds is 7. The van der Waals surface area contributed by atoms with Gasteiger partial charge in [0.15, 0.2) is 0 Å². The van der Waals surface area contributed by atoms with Crippen molar-refractivity contribution < 1.29 is 0 Å². The van der Waals surface area contributed by atoms with E-state index in [9.17, 15) is 0 Å². The average Bonchev–Trinajstić information content (AvgIpc) is 2.36. The lowest BCUT2D eigenvalue weighted by Gasteiger charge is -2.21. The molecule has 0 bridgehead atoms. The molecule has 0 heterocycles. The van der Waals surface area contributed by atoms with E-state index in [2.05, 4.69) is 69.1 Å². The molecule has 0 aliphatic carbocycles. The van der Waals surface area contributed by atoms with Crippen LogP contribution in [0.5, 0.6) is 0 Å². The predicted octanol–water partition coefficient (Wildman–Crippen LogP) is 3.98. The molecule has 0 aromatic heterocycles. The Balaban J connectivity index is 2.67. The average molecular weight is 248 g/mol. The van der Waals surface area contributed by atoms with Crippen LogP contribution >= 0.6 is 0 Å². The van der Waals surface area contributed by atoms with Crippen molar-refractivity contribution >= 4 is 5.69 Å². The van der Waals surface area contributed by atoms with Gasteiger partial charge in [-0.1, -0.05) is 39.8 Å². The van der Waals surface area contributed by atoms with Crippen molar-refractivity contribution in [3.63, 3.8) is 0 Å². The fourth-order valence-electron chi connectivity index (χ4n) is 1.89. The van der Waals surface area contributed by atoms with E-state index in [1.54, 1.807) is 0 Å². The van der Waals surface area contributed by atoms with E-state index in [0.717, 1.165) is 19.6 Å². The lowest BCUT2D eigenvalue weighted by atomic mass is 10.1. The summed E-state index contributed by atoms with van der Waals surface area (Å²) >= 11 is 0. The summed E-state index contributed by atoms with van der Waals surface area (Å²) in [7, 11) is 0. The smallest absolute Gasteiger partial charge is 0.0345 e. The molecule has 1 N–H and O–H groups in total. The normalized spacial score (nSPS) is 13.1. The van der Waals surface area contributed by atoms with Gasteiger partial charge in [-0.3, -0.25) is 4.90 Å². The van der Waals surface area contributed by atoms with E-state index in [1.807, 2.05) is 0 Å². The Labute approximate surface area is 112 Å². The zero-order valence-corrected chi connectivity index (χ0v) is 12.5. The second-order valence-corrected chi connectivity index (χ2v) is 5.34. The number of nitrogens with zero attached hydrogens (tertiary/aromatic N) is 1. The molecule has 18 heavy (non-hydrogen) atoms. The molecule has 0 aliphatic heterocycles. The van der Waals surface area contributed by atoms with Crippen molar-refractivity contribution in [1.82, 2.24) is 4.90 Å². The molecule has 1 aromatic rings. The number of hydrogen-bond acceptors (Lipinski definition) is 2. The summed E-state index contributed by atoms with van der Waals surface area (Å²) in [4.78, 5) is 2.44. The SMILES string of the molecule is CCN(CC)Cc1cccc(NC(C)C(C)C)c1. The van der Waals surface area contributed by atoms with Crippen LogP contribution in [-0.4, -0.2) is 24.0 Å². The fourth-order valence-corrected chi connectivity index (χ4v) is 1.89. The van der Waals surface area contributed by atoms with Gasteiger partial charge in [-0.05, 0) is 43.6 Å². The van der Waals surface area contributed by atoms with Crippen molar-refractivity contribution in [1.29, 1.82) is 0 Å². The first-order chi connectivity index (χ1) is 8.56. The molecule has 1 rings (SSSR count). The van der Waals surface area contributed by atoms with Crippen LogP contribution in [0, 0.1) is 5.92 Å². The summed E-state index contributed by atoms with van der Waals surface area (Å²) in [5, 5.41) is 3.57. The molecule has 0 amide bonds. The fraction of sp³-hybridized carbons (Fsp3) is 0.625. The summed E-state index contributed by atoms with van der Waals surface area (Å²) < 4.78 is 0. The Morgan fingerprint density at radius 1 is 1.11 bits per heavy atom. The molecule has 0 saturated carbocycles. The van der Waals surface area contributed by atoms with Crippen LogP contribution in [0.25, 0.3) is 0 Å². The standard InChI is InChI=1S/C16H28N2/c1-6-18(7-2)12-15-9-8-10-16(11-15)17-14(5)13(3)4/h8-11,13-14,17H,6-7,12H2,1-5H3. The maximum Gasteiger partial charge on any atom is 0.0345 e. The molecule has 1 atom stereocenters. The molecule has 1 aromatic carbocycles. The highest BCUT2D eigenvalue weighted by molar-refractivity contribution is 5.46. The first kappa shape index (κ1) is 15.0. The highest BCUT2D eigenvalue weighted by atomic mass is 15.1. The van der Waals surface area contributed by atoms with Crippen LogP contribution in [0.3, 0.4) is 0 Å².